The molecule has 1 aliphatic rings. The maximum Gasteiger partial charge on any atom is 0.348 e. The third-order valence-corrected chi connectivity index (χ3v) is 3.98. The zero-order valence-electron chi connectivity index (χ0n) is 11.1. The molecule has 0 saturated carbocycles. The summed E-state index contributed by atoms with van der Waals surface area (Å²) in [4.78, 5) is 20.3. The molecule has 1 aliphatic heterocycles. The second kappa shape index (κ2) is 5.65. The normalized spacial score (nSPS) is 18.0. The fourth-order valence-electron chi connectivity index (χ4n) is 2.69. The van der Waals surface area contributed by atoms with Crippen LogP contribution >= 0.6 is 11.6 Å². The van der Waals surface area contributed by atoms with Crippen LogP contribution in [0.25, 0.3) is 0 Å². The van der Waals surface area contributed by atoms with Crippen molar-refractivity contribution in [3.05, 3.63) is 57.5 Å². The molecule has 0 spiro atoms. The lowest BCUT2D eigenvalue weighted by Gasteiger charge is -2.17. The molecule has 3 rings (SSSR count). The van der Waals surface area contributed by atoms with Crippen LogP contribution in [0.3, 0.4) is 0 Å². The maximum absolute atomic E-state index is 11.2. The van der Waals surface area contributed by atoms with Crippen LogP contribution in [-0.2, 0) is 0 Å². The van der Waals surface area contributed by atoms with Crippen LogP contribution in [0.2, 0.25) is 5.15 Å². The number of rotatable bonds is 3. The Morgan fingerprint density at radius 2 is 2.05 bits per heavy atom. The third kappa shape index (κ3) is 2.67. The van der Waals surface area contributed by atoms with Crippen molar-refractivity contribution in [3.63, 3.8) is 0 Å². The zero-order valence-corrected chi connectivity index (χ0v) is 11.9. The van der Waals surface area contributed by atoms with Crippen molar-refractivity contribution in [1.82, 2.24) is 9.97 Å². The molecule has 2 heterocycles. The molecular formula is C14H13ClN4O2. The van der Waals surface area contributed by atoms with Gasteiger partial charge in [0.25, 0.3) is 0 Å². The van der Waals surface area contributed by atoms with Crippen molar-refractivity contribution in [2.24, 2.45) is 0 Å². The van der Waals surface area contributed by atoms with Crippen LogP contribution in [0, 0.1) is 10.1 Å². The Bertz CT molecular complexity index is 665. The quantitative estimate of drug-likeness (QED) is 0.495. The van der Waals surface area contributed by atoms with Gasteiger partial charge < -0.3 is 4.90 Å². The van der Waals surface area contributed by atoms with E-state index in [0.29, 0.717) is 24.8 Å². The largest absolute Gasteiger partial charge is 0.350 e. The summed E-state index contributed by atoms with van der Waals surface area (Å²) in [6, 6.07) is 10.1. The number of nitrogens with zero attached hydrogens (tertiary/aromatic N) is 4. The van der Waals surface area contributed by atoms with Crippen LogP contribution in [0.4, 0.5) is 11.5 Å². The van der Waals surface area contributed by atoms with Crippen molar-refractivity contribution >= 4 is 23.1 Å². The first kappa shape index (κ1) is 13.8. The molecule has 1 saturated heterocycles. The van der Waals surface area contributed by atoms with Crippen molar-refractivity contribution in [3.8, 4) is 0 Å². The highest BCUT2D eigenvalue weighted by Gasteiger charge is 2.31. The predicted molar refractivity (Wildman–Crippen MR) is 79.7 cm³/mol. The van der Waals surface area contributed by atoms with Gasteiger partial charge in [0.1, 0.15) is 6.33 Å². The summed E-state index contributed by atoms with van der Waals surface area (Å²) in [5, 5.41) is 11.0. The molecule has 1 aromatic carbocycles. The molecule has 1 atom stereocenters. The molecule has 0 N–H and O–H groups in total. The lowest BCUT2D eigenvalue weighted by atomic mass is 9.99. The summed E-state index contributed by atoms with van der Waals surface area (Å²) in [5.74, 6) is 0.651. The summed E-state index contributed by atoms with van der Waals surface area (Å²) >= 11 is 5.84. The number of hydrogen-bond donors (Lipinski definition) is 0. The van der Waals surface area contributed by atoms with E-state index in [1.807, 2.05) is 23.1 Å². The van der Waals surface area contributed by atoms with Gasteiger partial charge in [-0.1, -0.05) is 41.9 Å². The highest BCUT2D eigenvalue weighted by molar-refractivity contribution is 6.31. The number of hydrogen-bond acceptors (Lipinski definition) is 5. The Labute approximate surface area is 126 Å². The average Bonchev–Trinajstić information content (AvgIpc) is 2.97. The SMILES string of the molecule is O=[N+]([O-])c1c(Cl)ncnc1N1CCC(c2ccccc2)C1. The molecule has 0 radical (unpaired) electrons. The van der Waals surface area contributed by atoms with Gasteiger partial charge in [0.2, 0.25) is 11.0 Å². The Kier molecular flexibility index (Phi) is 3.70. The number of aromatic nitrogens is 2. The van der Waals surface area contributed by atoms with E-state index in [-0.39, 0.29) is 10.8 Å². The summed E-state index contributed by atoms with van der Waals surface area (Å²) in [6.45, 7) is 1.41. The monoisotopic (exact) mass is 304 g/mol. The minimum absolute atomic E-state index is 0.117. The number of benzene rings is 1. The van der Waals surface area contributed by atoms with Gasteiger partial charge in [-0.05, 0) is 12.0 Å². The van der Waals surface area contributed by atoms with Crippen LogP contribution in [-0.4, -0.2) is 28.0 Å². The van der Waals surface area contributed by atoms with Gasteiger partial charge in [-0.25, -0.2) is 9.97 Å². The van der Waals surface area contributed by atoms with Crippen LogP contribution in [0.1, 0.15) is 17.9 Å². The number of halogens is 1. The molecule has 7 heteroatoms. The first-order valence-electron chi connectivity index (χ1n) is 6.61. The minimum Gasteiger partial charge on any atom is -0.350 e. The molecule has 21 heavy (non-hydrogen) atoms. The molecule has 0 bridgehead atoms. The average molecular weight is 305 g/mol. The van der Waals surface area contributed by atoms with E-state index in [0.717, 1.165) is 6.42 Å². The molecule has 0 amide bonds. The standard InChI is InChI=1S/C14H13ClN4O2/c15-13-12(19(20)21)14(17-9-16-13)18-7-6-11(8-18)10-4-2-1-3-5-10/h1-5,9,11H,6-8H2. The lowest BCUT2D eigenvalue weighted by Crippen LogP contribution is -2.22. The van der Waals surface area contributed by atoms with Gasteiger partial charge in [0.05, 0.1) is 4.92 Å². The first-order chi connectivity index (χ1) is 10.2. The molecular weight excluding hydrogens is 292 g/mol. The minimum atomic E-state index is -0.520. The zero-order chi connectivity index (χ0) is 14.8. The summed E-state index contributed by atoms with van der Waals surface area (Å²) in [5.41, 5.74) is 1.02. The van der Waals surface area contributed by atoms with Crippen LogP contribution in [0.5, 0.6) is 0 Å². The second-order valence-corrected chi connectivity index (χ2v) is 5.29. The first-order valence-corrected chi connectivity index (χ1v) is 6.99. The summed E-state index contributed by atoms with van der Waals surface area (Å²) < 4.78 is 0. The van der Waals surface area contributed by atoms with Gasteiger partial charge in [-0.15, -0.1) is 0 Å². The van der Waals surface area contributed by atoms with E-state index >= 15 is 0 Å². The molecule has 1 aromatic heterocycles. The van der Waals surface area contributed by atoms with Gasteiger partial charge in [0, 0.05) is 19.0 Å². The van der Waals surface area contributed by atoms with E-state index in [9.17, 15) is 10.1 Å². The summed E-state index contributed by atoms with van der Waals surface area (Å²) in [7, 11) is 0. The smallest absolute Gasteiger partial charge is 0.348 e. The highest BCUT2D eigenvalue weighted by atomic mass is 35.5. The maximum atomic E-state index is 11.2. The van der Waals surface area contributed by atoms with E-state index in [1.165, 1.54) is 11.9 Å². The topological polar surface area (TPSA) is 72.2 Å². The highest BCUT2D eigenvalue weighted by Crippen LogP contribution is 2.36. The van der Waals surface area contributed by atoms with Gasteiger partial charge >= 0.3 is 5.69 Å². The van der Waals surface area contributed by atoms with Crippen molar-refractivity contribution < 1.29 is 4.92 Å². The van der Waals surface area contributed by atoms with E-state index in [2.05, 4.69) is 22.1 Å². The van der Waals surface area contributed by atoms with Crippen molar-refractivity contribution in [2.45, 2.75) is 12.3 Å². The summed E-state index contributed by atoms with van der Waals surface area (Å²) in [6.07, 6.45) is 2.20. The van der Waals surface area contributed by atoms with Crippen molar-refractivity contribution in [2.75, 3.05) is 18.0 Å². The lowest BCUT2D eigenvalue weighted by molar-refractivity contribution is -0.384. The van der Waals surface area contributed by atoms with E-state index < -0.39 is 4.92 Å². The molecule has 0 aliphatic carbocycles. The van der Waals surface area contributed by atoms with Crippen molar-refractivity contribution in [1.29, 1.82) is 0 Å². The molecule has 1 fully saturated rings. The molecule has 6 nitrogen and oxygen atoms in total. The van der Waals surface area contributed by atoms with Gasteiger partial charge in [-0.2, -0.15) is 0 Å². The second-order valence-electron chi connectivity index (χ2n) is 4.94. The number of anilines is 1. The van der Waals surface area contributed by atoms with Crippen LogP contribution in [0.15, 0.2) is 36.7 Å². The molecule has 108 valence electrons. The van der Waals surface area contributed by atoms with Gasteiger partial charge in [0.15, 0.2) is 0 Å². The Morgan fingerprint density at radius 1 is 1.29 bits per heavy atom. The van der Waals surface area contributed by atoms with E-state index in [4.69, 9.17) is 11.6 Å². The van der Waals surface area contributed by atoms with Gasteiger partial charge in [-0.3, -0.25) is 10.1 Å². The van der Waals surface area contributed by atoms with Crippen LogP contribution < -0.4 is 4.90 Å². The fourth-order valence-corrected chi connectivity index (χ4v) is 2.88. The van der Waals surface area contributed by atoms with E-state index in [1.54, 1.807) is 0 Å². The Balaban J connectivity index is 1.87. The fraction of sp³-hybridized carbons (Fsp3) is 0.286. The third-order valence-electron chi connectivity index (χ3n) is 3.70. The Morgan fingerprint density at radius 3 is 2.76 bits per heavy atom. The number of nitro groups is 1. The molecule has 1 unspecified atom stereocenters. The molecule has 2 aromatic rings. The predicted octanol–water partition coefficient (Wildman–Crippen LogP) is 3.03. The Hall–Kier alpha value is -2.21.